The molecule has 5 heteroatoms. The van der Waals surface area contributed by atoms with Crippen LogP contribution in [-0.2, 0) is 6.54 Å². The first-order valence-electron chi connectivity index (χ1n) is 11.9. The lowest BCUT2D eigenvalue weighted by Crippen LogP contribution is -2.29. The maximum absolute atomic E-state index is 13.0. The second kappa shape index (κ2) is 10.1. The van der Waals surface area contributed by atoms with E-state index in [0.29, 0.717) is 12.2 Å². The predicted octanol–water partition coefficient (Wildman–Crippen LogP) is 6.23. The SMILES string of the molecule is Cc1ccc(C(=O)NC(C)c2nc3ccccc3n2CCCOc2c(C)cccc2C)c(C)c1. The van der Waals surface area contributed by atoms with Crippen LogP contribution in [0.5, 0.6) is 5.75 Å². The Morgan fingerprint density at radius 2 is 1.71 bits per heavy atom. The fraction of sp³-hybridized carbons (Fsp3) is 0.310. The van der Waals surface area contributed by atoms with Crippen molar-refractivity contribution in [1.29, 1.82) is 0 Å². The molecular weight excluding hydrogens is 422 g/mol. The van der Waals surface area contributed by atoms with Crippen molar-refractivity contribution in [1.82, 2.24) is 14.9 Å². The van der Waals surface area contributed by atoms with Crippen molar-refractivity contribution in [2.75, 3.05) is 6.61 Å². The van der Waals surface area contributed by atoms with Crippen LogP contribution in [-0.4, -0.2) is 22.1 Å². The molecule has 34 heavy (non-hydrogen) atoms. The predicted molar refractivity (Wildman–Crippen MR) is 138 cm³/mol. The first-order valence-corrected chi connectivity index (χ1v) is 11.9. The summed E-state index contributed by atoms with van der Waals surface area (Å²) in [7, 11) is 0. The van der Waals surface area contributed by atoms with Crippen molar-refractivity contribution in [2.45, 2.75) is 53.6 Å². The highest BCUT2D eigenvalue weighted by molar-refractivity contribution is 5.96. The Kier molecular flexibility index (Phi) is 7.01. The van der Waals surface area contributed by atoms with E-state index < -0.39 is 0 Å². The number of carbonyl (C=O) groups is 1. The fourth-order valence-electron chi connectivity index (χ4n) is 4.49. The number of hydrogen-bond donors (Lipinski definition) is 1. The van der Waals surface area contributed by atoms with Crippen molar-refractivity contribution < 1.29 is 9.53 Å². The second-order valence-corrected chi connectivity index (χ2v) is 9.05. The van der Waals surface area contributed by atoms with E-state index >= 15 is 0 Å². The van der Waals surface area contributed by atoms with E-state index in [0.717, 1.165) is 57.8 Å². The molecule has 0 saturated heterocycles. The highest BCUT2D eigenvalue weighted by atomic mass is 16.5. The minimum atomic E-state index is -0.236. The second-order valence-electron chi connectivity index (χ2n) is 9.05. The number of rotatable bonds is 8. The van der Waals surface area contributed by atoms with E-state index in [4.69, 9.17) is 9.72 Å². The Morgan fingerprint density at radius 3 is 2.44 bits per heavy atom. The topological polar surface area (TPSA) is 56.2 Å². The van der Waals surface area contributed by atoms with Gasteiger partial charge in [0, 0.05) is 12.1 Å². The molecule has 0 bridgehead atoms. The van der Waals surface area contributed by atoms with E-state index in [2.05, 4.69) is 48.0 Å². The van der Waals surface area contributed by atoms with Crippen molar-refractivity contribution in [3.05, 3.63) is 94.3 Å². The summed E-state index contributed by atoms with van der Waals surface area (Å²) in [5.74, 6) is 1.74. The molecule has 1 N–H and O–H groups in total. The zero-order valence-corrected chi connectivity index (χ0v) is 20.7. The van der Waals surface area contributed by atoms with Crippen molar-refractivity contribution in [3.8, 4) is 5.75 Å². The molecule has 0 spiro atoms. The minimum absolute atomic E-state index is 0.0815. The Balaban J connectivity index is 1.51. The van der Waals surface area contributed by atoms with Gasteiger partial charge in [0.15, 0.2) is 0 Å². The molecule has 1 heterocycles. The monoisotopic (exact) mass is 455 g/mol. The van der Waals surface area contributed by atoms with Gasteiger partial charge in [-0.25, -0.2) is 4.98 Å². The van der Waals surface area contributed by atoms with E-state index in [-0.39, 0.29) is 11.9 Å². The lowest BCUT2D eigenvalue weighted by atomic mass is 10.0. The molecule has 1 amide bonds. The van der Waals surface area contributed by atoms with Crippen LogP contribution in [0.1, 0.15) is 57.8 Å². The van der Waals surface area contributed by atoms with Gasteiger partial charge in [-0.15, -0.1) is 0 Å². The minimum Gasteiger partial charge on any atom is -0.493 e. The van der Waals surface area contributed by atoms with Crippen LogP contribution in [0.2, 0.25) is 0 Å². The van der Waals surface area contributed by atoms with Gasteiger partial charge in [0.1, 0.15) is 11.6 Å². The Morgan fingerprint density at radius 1 is 0.971 bits per heavy atom. The van der Waals surface area contributed by atoms with Gasteiger partial charge in [0.25, 0.3) is 5.91 Å². The number of amides is 1. The molecule has 4 aromatic rings. The molecule has 3 aromatic carbocycles. The molecule has 5 nitrogen and oxygen atoms in total. The Bertz CT molecular complexity index is 1300. The van der Waals surface area contributed by atoms with Crippen LogP contribution in [0, 0.1) is 27.7 Å². The average Bonchev–Trinajstić information content (AvgIpc) is 3.17. The number of fused-ring (bicyclic) bond motifs is 1. The number of imidazole rings is 1. The highest BCUT2D eigenvalue weighted by Gasteiger charge is 2.20. The molecule has 1 aromatic heterocycles. The first-order chi connectivity index (χ1) is 16.3. The zero-order chi connectivity index (χ0) is 24.2. The lowest BCUT2D eigenvalue weighted by molar-refractivity contribution is 0.0937. The smallest absolute Gasteiger partial charge is 0.252 e. The van der Waals surface area contributed by atoms with E-state index in [1.54, 1.807) is 0 Å². The van der Waals surface area contributed by atoms with Crippen LogP contribution in [0.25, 0.3) is 11.0 Å². The van der Waals surface area contributed by atoms with Gasteiger partial charge in [0.2, 0.25) is 0 Å². The van der Waals surface area contributed by atoms with Gasteiger partial charge in [-0.2, -0.15) is 0 Å². The van der Waals surface area contributed by atoms with Gasteiger partial charge in [-0.05, 0) is 75.9 Å². The number of ether oxygens (including phenoxy) is 1. The quantitative estimate of drug-likeness (QED) is 0.320. The number of aryl methyl sites for hydroxylation is 5. The largest absolute Gasteiger partial charge is 0.493 e. The van der Waals surface area contributed by atoms with Crippen molar-refractivity contribution in [3.63, 3.8) is 0 Å². The molecular formula is C29H33N3O2. The van der Waals surface area contributed by atoms with Crippen molar-refractivity contribution >= 4 is 16.9 Å². The molecule has 1 unspecified atom stereocenters. The molecule has 176 valence electrons. The number of aromatic nitrogens is 2. The highest BCUT2D eigenvalue weighted by Crippen LogP contribution is 2.24. The zero-order valence-electron chi connectivity index (χ0n) is 20.7. The number of benzene rings is 3. The van der Waals surface area contributed by atoms with E-state index in [1.807, 2.05) is 57.2 Å². The van der Waals surface area contributed by atoms with Crippen LogP contribution < -0.4 is 10.1 Å². The number of hydrogen-bond acceptors (Lipinski definition) is 3. The van der Waals surface area contributed by atoms with Crippen LogP contribution in [0.15, 0.2) is 60.7 Å². The molecule has 0 radical (unpaired) electrons. The standard InChI is InChI=1S/C29H33N3O2/c1-19-14-15-24(22(4)18-19)29(33)30-23(5)28-31-25-12-6-7-13-26(25)32(28)16-9-17-34-27-20(2)10-8-11-21(27)3/h6-8,10-15,18,23H,9,16-17H2,1-5H3,(H,30,33). The molecule has 0 saturated carbocycles. The van der Waals surface area contributed by atoms with E-state index in [9.17, 15) is 4.79 Å². The third kappa shape index (κ3) is 4.98. The van der Waals surface area contributed by atoms with Gasteiger partial charge >= 0.3 is 0 Å². The average molecular weight is 456 g/mol. The molecule has 4 rings (SSSR count). The summed E-state index contributed by atoms with van der Waals surface area (Å²) in [6.45, 7) is 11.5. The number of carbonyl (C=O) groups excluding carboxylic acids is 1. The van der Waals surface area contributed by atoms with Crippen LogP contribution in [0.3, 0.4) is 0 Å². The molecule has 0 aliphatic rings. The summed E-state index contributed by atoms with van der Waals surface area (Å²) >= 11 is 0. The van der Waals surface area contributed by atoms with Crippen LogP contribution in [0.4, 0.5) is 0 Å². The number of nitrogens with one attached hydrogen (secondary N) is 1. The third-order valence-electron chi connectivity index (χ3n) is 6.23. The fourth-order valence-corrected chi connectivity index (χ4v) is 4.49. The van der Waals surface area contributed by atoms with E-state index in [1.165, 1.54) is 0 Å². The molecule has 1 atom stereocenters. The lowest BCUT2D eigenvalue weighted by Gasteiger charge is -2.18. The molecule has 0 aliphatic heterocycles. The summed E-state index contributed by atoms with van der Waals surface area (Å²) in [5.41, 5.74) is 7.11. The van der Waals surface area contributed by atoms with Gasteiger partial charge in [-0.3, -0.25) is 4.79 Å². The maximum atomic E-state index is 13.0. The third-order valence-corrected chi connectivity index (χ3v) is 6.23. The maximum Gasteiger partial charge on any atom is 0.252 e. The summed E-state index contributed by atoms with van der Waals surface area (Å²) in [4.78, 5) is 17.9. The normalized spacial score (nSPS) is 12.0. The van der Waals surface area contributed by atoms with Gasteiger partial charge in [-0.1, -0.05) is 48.0 Å². The first kappa shape index (κ1) is 23.6. The summed E-state index contributed by atoms with van der Waals surface area (Å²) < 4.78 is 8.32. The Hall–Kier alpha value is -3.60. The van der Waals surface area contributed by atoms with Gasteiger partial charge in [0.05, 0.1) is 23.7 Å². The summed E-state index contributed by atoms with van der Waals surface area (Å²) in [5, 5.41) is 3.15. The number of para-hydroxylation sites is 3. The van der Waals surface area contributed by atoms with Crippen molar-refractivity contribution in [2.24, 2.45) is 0 Å². The summed E-state index contributed by atoms with van der Waals surface area (Å²) in [6.07, 6.45) is 0.832. The Labute approximate surface area is 201 Å². The molecule has 0 fully saturated rings. The van der Waals surface area contributed by atoms with Gasteiger partial charge < -0.3 is 14.6 Å². The molecule has 0 aliphatic carbocycles. The summed E-state index contributed by atoms with van der Waals surface area (Å²) in [6, 6.07) is 20.0. The van der Waals surface area contributed by atoms with Crippen LogP contribution >= 0.6 is 0 Å². The number of nitrogens with zero attached hydrogens (tertiary/aromatic N) is 2.